The minimum Gasteiger partial charge on any atom is -0.495 e. The van der Waals surface area contributed by atoms with Gasteiger partial charge in [0.25, 0.3) is 0 Å². The number of aryl methyl sites for hydroxylation is 2. The topological polar surface area (TPSA) is 70.1 Å². The van der Waals surface area contributed by atoms with Crippen LogP contribution in [-0.4, -0.2) is 21.1 Å². The first-order valence-electron chi connectivity index (χ1n) is 6.40. The van der Waals surface area contributed by atoms with Crippen molar-refractivity contribution >= 4 is 16.5 Å². The molecular weight excluding hydrogens is 274 g/mol. The third kappa shape index (κ3) is 3.01. The maximum atomic E-state index is 12.5. The quantitative estimate of drug-likeness (QED) is 0.857. The van der Waals surface area contributed by atoms with E-state index < -0.39 is 10.8 Å². The van der Waals surface area contributed by atoms with Crippen LogP contribution in [0.25, 0.3) is 0 Å². The van der Waals surface area contributed by atoms with E-state index in [9.17, 15) is 4.21 Å². The van der Waals surface area contributed by atoms with Crippen LogP contribution in [0.15, 0.2) is 29.2 Å². The summed E-state index contributed by atoms with van der Waals surface area (Å²) in [5, 5.41) is 4.36. The number of ether oxygens (including phenoxy) is 1. The number of nitrogens with zero attached hydrogens (tertiary/aromatic N) is 2. The lowest BCUT2D eigenvalue weighted by Gasteiger charge is -2.09. The zero-order valence-electron chi connectivity index (χ0n) is 11.9. The van der Waals surface area contributed by atoms with E-state index in [1.54, 1.807) is 25.3 Å². The lowest BCUT2D eigenvalue weighted by Crippen LogP contribution is -2.07. The number of hydrogen-bond donors (Lipinski definition) is 1. The minimum absolute atomic E-state index is 0.412. The van der Waals surface area contributed by atoms with E-state index >= 15 is 0 Å². The number of rotatable bonds is 5. The fourth-order valence-electron chi connectivity index (χ4n) is 2.07. The van der Waals surface area contributed by atoms with Gasteiger partial charge in [0, 0.05) is 18.3 Å². The second-order valence-corrected chi connectivity index (χ2v) is 5.91. The molecule has 5 nitrogen and oxygen atoms in total. The van der Waals surface area contributed by atoms with Crippen molar-refractivity contribution in [3.63, 3.8) is 0 Å². The van der Waals surface area contributed by atoms with Gasteiger partial charge < -0.3 is 10.5 Å². The Hall–Kier alpha value is -1.82. The van der Waals surface area contributed by atoms with Gasteiger partial charge in [0.15, 0.2) is 0 Å². The highest BCUT2D eigenvalue weighted by Crippen LogP contribution is 2.26. The summed E-state index contributed by atoms with van der Waals surface area (Å²) in [5.74, 6) is 0.970. The van der Waals surface area contributed by atoms with Crippen LogP contribution in [0, 0.1) is 6.92 Å². The predicted molar refractivity (Wildman–Crippen MR) is 80.2 cm³/mol. The largest absolute Gasteiger partial charge is 0.495 e. The van der Waals surface area contributed by atoms with Crippen molar-refractivity contribution in [1.29, 1.82) is 0 Å². The molecule has 1 atom stereocenters. The number of methoxy groups -OCH3 is 1. The molecule has 0 fully saturated rings. The van der Waals surface area contributed by atoms with Gasteiger partial charge in [0.05, 0.1) is 39.9 Å². The average molecular weight is 293 g/mol. The fourth-order valence-corrected chi connectivity index (χ4v) is 3.32. The van der Waals surface area contributed by atoms with Crippen molar-refractivity contribution < 1.29 is 8.95 Å². The fraction of sp³-hybridized carbons (Fsp3) is 0.357. The molecule has 0 radical (unpaired) electrons. The molecule has 1 unspecified atom stereocenters. The molecule has 0 bridgehead atoms. The Bertz CT molecular complexity index is 637. The summed E-state index contributed by atoms with van der Waals surface area (Å²) in [6.07, 6.45) is 0. The molecule has 0 saturated carbocycles. The molecule has 0 spiro atoms. The van der Waals surface area contributed by atoms with Gasteiger partial charge >= 0.3 is 0 Å². The van der Waals surface area contributed by atoms with E-state index in [0.29, 0.717) is 22.1 Å². The van der Waals surface area contributed by atoms with Crippen LogP contribution >= 0.6 is 0 Å². The molecule has 108 valence electrons. The number of hydrogen-bond acceptors (Lipinski definition) is 4. The van der Waals surface area contributed by atoms with E-state index in [-0.39, 0.29) is 0 Å². The summed E-state index contributed by atoms with van der Waals surface area (Å²) in [5.41, 5.74) is 8.20. The average Bonchev–Trinajstić information content (AvgIpc) is 2.78. The van der Waals surface area contributed by atoms with Crippen molar-refractivity contribution in [1.82, 2.24) is 9.78 Å². The molecule has 0 amide bonds. The normalized spacial score (nSPS) is 12.3. The second kappa shape index (κ2) is 6.09. The first kappa shape index (κ1) is 14.6. The van der Waals surface area contributed by atoms with Gasteiger partial charge in [-0.05, 0) is 32.0 Å². The first-order valence-corrected chi connectivity index (χ1v) is 7.72. The number of aromatic nitrogens is 2. The lowest BCUT2D eigenvalue weighted by atomic mass is 10.3. The Morgan fingerprint density at radius 1 is 1.40 bits per heavy atom. The zero-order chi connectivity index (χ0) is 14.7. The van der Waals surface area contributed by atoms with Crippen LogP contribution in [-0.2, 0) is 23.1 Å². The van der Waals surface area contributed by atoms with Crippen LogP contribution in [0.1, 0.15) is 18.3 Å². The molecule has 1 heterocycles. The summed E-state index contributed by atoms with van der Waals surface area (Å²) < 4.78 is 19.7. The van der Waals surface area contributed by atoms with Gasteiger partial charge in [-0.3, -0.25) is 8.89 Å². The van der Waals surface area contributed by atoms with Crippen molar-refractivity contribution in [3.8, 4) is 5.75 Å². The SMILES string of the molecule is CCn1nc(C)cc1CS(=O)c1ccc(N)cc1OC. The third-order valence-electron chi connectivity index (χ3n) is 3.00. The number of nitrogens with two attached hydrogens (primary N) is 1. The molecule has 0 aliphatic carbocycles. The number of benzene rings is 1. The van der Waals surface area contributed by atoms with E-state index in [0.717, 1.165) is 17.9 Å². The molecular formula is C14H19N3O2S. The van der Waals surface area contributed by atoms with Crippen LogP contribution in [0.5, 0.6) is 5.75 Å². The van der Waals surface area contributed by atoms with Crippen LogP contribution in [0.4, 0.5) is 5.69 Å². The first-order chi connectivity index (χ1) is 9.55. The maximum Gasteiger partial charge on any atom is 0.137 e. The van der Waals surface area contributed by atoms with Gasteiger partial charge in [-0.25, -0.2) is 0 Å². The molecule has 0 saturated heterocycles. The van der Waals surface area contributed by atoms with Crippen molar-refractivity contribution in [3.05, 3.63) is 35.7 Å². The zero-order valence-corrected chi connectivity index (χ0v) is 12.7. The number of nitrogen functional groups attached to an aromatic ring is 1. The minimum atomic E-state index is -1.19. The lowest BCUT2D eigenvalue weighted by molar-refractivity contribution is 0.404. The van der Waals surface area contributed by atoms with Gasteiger partial charge in [-0.1, -0.05) is 0 Å². The van der Waals surface area contributed by atoms with E-state index in [4.69, 9.17) is 10.5 Å². The van der Waals surface area contributed by atoms with Crippen LogP contribution in [0.3, 0.4) is 0 Å². The highest BCUT2D eigenvalue weighted by atomic mass is 32.2. The van der Waals surface area contributed by atoms with Crippen molar-refractivity contribution in [2.45, 2.75) is 31.0 Å². The Balaban J connectivity index is 2.28. The summed E-state index contributed by atoms with van der Waals surface area (Å²) in [4.78, 5) is 0.656. The molecule has 2 aromatic rings. The molecule has 1 aromatic heterocycles. The molecule has 2 rings (SSSR count). The van der Waals surface area contributed by atoms with Gasteiger partial charge in [-0.15, -0.1) is 0 Å². The van der Waals surface area contributed by atoms with Crippen molar-refractivity contribution in [2.75, 3.05) is 12.8 Å². The van der Waals surface area contributed by atoms with Crippen LogP contribution in [0.2, 0.25) is 0 Å². The third-order valence-corrected chi connectivity index (χ3v) is 4.38. The second-order valence-electron chi connectivity index (χ2n) is 4.49. The molecule has 20 heavy (non-hydrogen) atoms. The number of anilines is 1. The van der Waals surface area contributed by atoms with Gasteiger partial charge in [-0.2, -0.15) is 5.10 Å². The van der Waals surface area contributed by atoms with Crippen molar-refractivity contribution in [2.24, 2.45) is 0 Å². The van der Waals surface area contributed by atoms with Gasteiger partial charge in [0.1, 0.15) is 5.75 Å². The molecule has 1 aromatic carbocycles. The molecule has 6 heteroatoms. The van der Waals surface area contributed by atoms with Gasteiger partial charge in [0.2, 0.25) is 0 Å². The Morgan fingerprint density at radius 3 is 2.80 bits per heavy atom. The Labute approximate surface area is 121 Å². The Kier molecular flexibility index (Phi) is 4.44. The molecule has 0 aliphatic rings. The summed E-state index contributed by atoms with van der Waals surface area (Å²) in [7, 11) is 0.357. The standard InChI is InChI=1S/C14H19N3O2S/c1-4-17-12(7-10(2)16-17)9-20(18)14-6-5-11(15)8-13(14)19-3/h5-8H,4,9,15H2,1-3H3. The summed E-state index contributed by atoms with van der Waals surface area (Å²) in [6, 6.07) is 7.14. The predicted octanol–water partition coefficient (Wildman–Crippen LogP) is 2.11. The summed E-state index contributed by atoms with van der Waals surface area (Å²) >= 11 is 0. The maximum absolute atomic E-state index is 12.5. The highest BCUT2D eigenvalue weighted by Gasteiger charge is 2.14. The highest BCUT2D eigenvalue weighted by molar-refractivity contribution is 7.84. The van der Waals surface area contributed by atoms with Crippen LogP contribution < -0.4 is 10.5 Å². The van der Waals surface area contributed by atoms with E-state index in [1.807, 2.05) is 24.6 Å². The Morgan fingerprint density at radius 2 is 2.15 bits per heavy atom. The smallest absolute Gasteiger partial charge is 0.137 e. The molecule has 0 aliphatic heterocycles. The summed E-state index contributed by atoms with van der Waals surface area (Å²) in [6.45, 7) is 4.71. The monoisotopic (exact) mass is 293 g/mol. The molecule has 2 N–H and O–H groups in total. The van der Waals surface area contributed by atoms with E-state index in [1.165, 1.54) is 0 Å². The van der Waals surface area contributed by atoms with E-state index in [2.05, 4.69) is 5.10 Å².